The van der Waals surface area contributed by atoms with E-state index in [1.54, 1.807) is 12.1 Å². The van der Waals surface area contributed by atoms with Crippen molar-refractivity contribution in [2.75, 3.05) is 6.54 Å². The van der Waals surface area contributed by atoms with Crippen LogP contribution in [0.15, 0.2) is 24.3 Å². The number of carbonyl (C=O) groups excluding carboxylic acids is 1. The van der Waals surface area contributed by atoms with Gasteiger partial charge in [0.05, 0.1) is 6.07 Å². The molecule has 1 rings (SSSR count). The molecular formula is C13H15ClN2O. The third-order valence-corrected chi connectivity index (χ3v) is 2.59. The number of hydrogen-bond donors (Lipinski definition) is 1. The SMILES string of the molecule is CCCNC(=O)C(C#N)Cc1cccc(Cl)c1. The Morgan fingerprint density at radius 2 is 2.35 bits per heavy atom. The van der Waals surface area contributed by atoms with Crippen LogP contribution in [0.3, 0.4) is 0 Å². The lowest BCUT2D eigenvalue weighted by atomic mass is 10.00. The molecule has 4 heteroatoms. The van der Waals surface area contributed by atoms with Crippen molar-refractivity contribution >= 4 is 17.5 Å². The first-order chi connectivity index (χ1) is 8.17. The van der Waals surface area contributed by atoms with E-state index in [0.29, 0.717) is 18.0 Å². The zero-order chi connectivity index (χ0) is 12.7. The molecule has 0 aliphatic rings. The van der Waals surface area contributed by atoms with Crippen molar-refractivity contribution in [2.45, 2.75) is 19.8 Å². The summed E-state index contributed by atoms with van der Waals surface area (Å²) in [5, 5.41) is 12.3. The maximum absolute atomic E-state index is 11.7. The van der Waals surface area contributed by atoms with Crippen LogP contribution in [-0.4, -0.2) is 12.5 Å². The van der Waals surface area contributed by atoms with Gasteiger partial charge >= 0.3 is 0 Å². The molecule has 1 aromatic carbocycles. The van der Waals surface area contributed by atoms with Gasteiger partial charge in [-0.2, -0.15) is 5.26 Å². The van der Waals surface area contributed by atoms with Crippen molar-refractivity contribution in [3.05, 3.63) is 34.9 Å². The lowest BCUT2D eigenvalue weighted by Gasteiger charge is -2.09. The van der Waals surface area contributed by atoms with E-state index in [2.05, 4.69) is 5.32 Å². The molecular weight excluding hydrogens is 236 g/mol. The van der Waals surface area contributed by atoms with Crippen molar-refractivity contribution in [2.24, 2.45) is 5.92 Å². The van der Waals surface area contributed by atoms with E-state index in [4.69, 9.17) is 16.9 Å². The number of amides is 1. The predicted molar refractivity (Wildman–Crippen MR) is 67.6 cm³/mol. The Bertz CT molecular complexity index is 426. The van der Waals surface area contributed by atoms with Gasteiger partial charge in [0.25, 0.3) is 0 Å². The van der Waals surface area contributed by atoms with Crippen molar-refractivity contribution in [3.63, 3.8) is 0 Å². The summed E-state index contributed by atoms with van der Waals surface area (Å²) >= 11 is 5.85. The number of nitrogens with zero attached hydrogens (tertiary/aromatic N) is 1. The molecule has 1 unspecified atom stereocenters. The third-order valence-electron chi connectivity index (χ3n) is 2.35. The minimum atomic E-state index is -0.653. The van der Waals surface area contributed by atoms with Crippen LogP contribution < -0.4 is 5.32 Å². The van der Waals surface area contributed by atoms with Gasteiger partial charge in [-0.1, -0.05) is 30.7 Å². The fraction of sp³-hybridized carbons (Fsp3) is 0.385. The van der Waals surface area contributed by atoms with Crippen LogP contribution in [0.1, 0.15) is 18.9 Å². The Labute approximate surface area is 106 Å². The summed E-state index contributed by atoms with van der Waals surface area (Å²) in [5.74, 6) is -0.866. The number of benzene rings is 1. The lowest BCUT2D eigenvalue weighted by Crippen LogP contribution is -2.31. The molecule has 0 aromatic heterocycles. The van der Waals surface area contributed by atoms with Gasteiger partial charge in [-0.05, 0) is 30.5 Å². The van der Waals surface area contributed by atoms with Crippen molar-refractivity contribution < 1.29 is 4.79 Å². The molecule has 0 heterocycles. The fourth-order valence-corrected chi connectivity index (χ4v) is 1.68. The Kier molecular flexibility index (Phi) is 5.51. The van der Waals surface area contributed by atoms with Gasteiger partial charge in [-0.25, -0.2) is 0 Å². The van der Waals surface area contributed by atoms with Crippen LogP contribution >= 0.6 is 11.6 Å². The topological polar surface area (TPSA) is 52.9 Å². The van der Waals surface area contributed by atoms with Gasteiger partial charge < -0.3 is 5.32 Å². The second-order valence-corrected chi connectivity index (χ2v) is 4.24. The maximum atomic E-state index is 11.7. The molecule has 1 atom stereocenters. The first-order valence-corrected chi connectivity index (χ1v) is 5.97. The summed E-state index contributed by atoms with van der Waals surface area (Å²) in [5.41, 5.74) is 0.899. The minimum Gasteiger partial charge on any atom is -0.355 e. The van der Waals surface area contributed by atoms with E-state index in [1.165, 1.54) is 0 Å². The molecule has 0 fully saturated rings. The summed E-state index contributed by atoms with van der Waals surface area (Å²) in [7, 11) is 0. The predicted octanol–water partition coefficient (Wildman–Crippen LogP) is 2.55. The summed E-state index contributed by atoms with van der Waals surface area (Å²) in [6, 6.07) is 9.25. The summed E-state index contributed by atoms with van der Waals surface area (Å²) in [6.07, 6.45) is 1.26. The van der Waals surface area contributed by atoms with Gasteiger partial charge in [0.15, 0.2) is 0 Å². The Morgan fingerprint density at radius 3 is 2.94 bits per heavy atom. The highest BCUT2D eigenvalue weighted by Gasteiger charge is 2.17. The molecule has 1 aromatic rings. The summed E-state index contributed by atoms with van der Waals surface area (Å²) < 4.78 is 0. The molecule has 1 N–H and O–H groups in total. The van der Waals surface area contributed by atoms with E-state index >= 15 is 0 Å². The van der Waals surface area contributed by atoms with Crippen molar-refractivity contribution in [1.82, 2.24) is 5.32 Å². The molecule has 0 saturated carbocycles. The number of nitriles is 1. The molecule has 1 amide bonds. The van der Waals surface area contributed by atoms with Crippen LogP contribution in [0, 0.1) is 17.2 Å². The van der Waals surface area contributed by atoms with E-state index in [0.717, 1.165) is 12.0 Å². The molecule has 3 nitrogen and oxygen atoms in total. The first kappa shape index (κ1) is 13.5. The van der Waals surface area contributed by atoms with E-state index in [1.807, 2.05) is 25.1 Å². The third kappa shape index (κ3) is 4.46. The zero-order valence-corrected chi connectivity index (χ0v) is 10.5. The molecule has 0 spiro atoms. The Morgan fingerprint density at radius 1 is 1.59 bits per heavy atom. The average Bonchev–Trinajstić information content (AvgIpc) is 2.33. The van der Waals surface area contributed by atoms with Gasteiger partial charge in [-0.3, -0.25) is 4.79 Å². The number of carbonyl (C=O) groups is 1. The lowest BCUT2D eigenvalue weighted by molar-refractivity contribution is -0.123. The van der Waals surface area contributed by atoms with E-state index < -0.39 is 5.92 Å². The zero-order valence-electron chi connectivity index (χ0n) is 9.74. The van der Waals surface area contributed by atoms with Crippen LogP contribution in [0.25, 0.3) is 0 Å². The number of rotatable bonds is 5. The maximum Gasteiger partial charge on any atom is 0.237 e. The Hall–Kier alpha value is -1.53. The second-order valence-electron chi connectivity index (χ2n) is 3.81. The van der Waals surface area contributed by atoms with Gasteiger partial charge in [0.1, 0.15) is 5.92 Å². The highest BCUT2D eigenvalue weighted by molar-refractivity contribution is 6.30. The van der Waals surface area contributed by atoms with Crippen LogP contribution in [-0.2, 0) is 11.2 Å². The van der Waals surface area contributed by atoms with Gasteiger partial charge in [-0.15, -0.1) is 0 Å². The van der Waals surface area contributed by atoms with Crippen LogP contribution in [0.5, 0.6) is 0 Å². The quantitative estimate of drug-likeness (QED) is 0.873. The molecule has 0 saturated heterocycles. The first-order valence-electron chi connectivity index (χ1n) is 5.59. The van der Waals surface area contributed by atoms with E-state index in [9.17, 15) is 4.79 Å². The fourth-order valence-electron chi connectivity index (χ4n) is 1.47. The highest BCUT2D eigenvalue weighted by atomic mass is 35.5. The summed E-state index contributed by atoms with van der Waals surface area (Å²) in [6.45, 7) is 2.57. The largest absolute Gasteiger partial charge is 0.355 e. The second kappa shape index (κ2) is 6.93. The van der Waals surface area contributed by atoms with Crippen molar-refractivity contribution in [1.29, 1.82) is 5.26 Å². The molecule has 0 aliphatic carbocycles. The molecule has 17 heavy (non-hydrogen) atoms. The number of hydrogen-bond acceptors (Lipinski definition) is 2. The molecule has 90 valence electrons. The number of nitrogens with one attached hydrogen (secondary N) is 1. The Balaban J connectivity index is 2.64. The smallest absolute Gasteiger partial charge is 0.237 e. The van der Waals surface area contributed by atoms with Crippen molar-refractivity contribution in [3.8, 4) is 6.07 Å². The number of halogens is 1. The van der Waals surface area contributed by atoms with Gasteiger partial charge in [0.2, 0.25) is 5.91 Å². The molecule has 0 aliphatic heterocycles. The molecule has 0 bridgehead atoms. The minimum absolute atomic E-state index is 0.214. The molecule has 0 radical (unpaired) electrons. The van der Waals surface area contributed by atoms with Gasteiger partial charge in [0, 0.05) is 11.6 Å². The van der Waals surface area contributed by atoms with E-state index in [-0.39, 0.29) is 5.91 Å². The monoisotopic (exact) mass is 250 g/mol. The van der Waals surface area contributed by atoms with Crippen LogP contribution in [0.4, 0.5) is 0 Å². The average molecular weight is 251 g/mol. The highest BCUT2D eigenvalue weighted by Crippen LogP contribution is 2.14. The van der Waals surface area contributed by atoms with Crippen LogP contribution in [0.2, 0.25) is 5.02 Å². The standard InChI is InChI=1S/C13H15ClN2O/c1-2-6-16-13(17)11(9-15)7-10-4-3-5-12(14)8-10/h3-5,8,11H,2,6-7H2,1H3,(H,16,17). The summed E-state index contributed by atoms with van der Waals surface area (Å²) in [4.78, 5) is 11.7. The normalized spacial score (nSPS) is 11.6.